The Kier molecular flexibility index (Phi) is 2.73. The molecule has 1 heterocycles. The van der Waals surface area contributed by atoms with E-state index >= 15 is 0 Å². The Balaban J connectivity index is 1.83. The monoisotopic (exact) mass is 241 g/mol. The number of hydrogen-bond acceptors (Lipinski definition) is 1. The average molecular weight is 241 g/mol. The largest absolute Gasteiger partial charge is 0.489 e. The molecule has 3 aromatic rings. The van der Waals surface area contributed by atoms with Gasteiger partial charge < -0.3 is 9.72 Å². The predicted octanol–water partition coefficient (Wildman–Crippen LogP) is 3.89. The summed E-state index contributed by atoms with van der Waals surface area (Å²) in [6, 6.07) is 14.3. The third kappa shape index (κ3) is 2.07. The molecule has 0 spiro atoms. The van der Waals surface area contributed by atoms with Gasteiger partial charge in [0.1, 0.15) is 18.2 Å². The molecule has 0 amide bonds. The van der Waals surface area contributed by atoms with Crippen LogP contribution < -0.4 is 4.74 Å². The van der Waals surface area contributed by atoms with E-state index in [0.29, 0.717) is 6.61 Å². The molecule has 0 unspecified atom stereocenters. The number of benzene rings is 2. The van der Waals surface area contributed by atoms with Gasteiger partial charge in [0.25, 0.3) is 0 Å². The Bertz CT molecular complexity index is 661. The van der Waals surface area contributed by atoms with Crippen LogP contribution in [0.25, 0.3) is 10.9 Å². The number of nitrogens with one attached hydrogen (secondary N) is 1. The molecule has 1 N–H and O–H groups in total. The summed E-state index contributed by atoms with van der Waals surface area (Å²) in [5, 5.41) is 0.993. The van der Waals surface area contributed by atoms with E-state index in [1.165, 1.54) is 12.1 Å². The van der Waals surface area contributed by atoms with Gasteiger partial charge in [-0.3, -0.25) is 0 Å². The lowest BCUT2D eigenvalue weighted by Gasteiger charge is -2.04. The number of H-pyrrole nitrogens is 1. The lowest BCUT2D eigenvalue weighted by atomic mass is 10.2. The lowest BCUT2D eigenvalue weighted by Crippen LogP contribution is -1.93. The van der Waals surface area contributed by atoms with Crippen molar-refractivity contribution in [2.45, 2.75) is 6.61 Å². The van der Waals surface area contributed by atoms with Gasteiger partial charge in [-0.15, -0.1) is 0 Å². The van der Waals surface area contributed by atoms with Gasteiger partial charge >= 0.3 is 0 Å². The van der Waals surface area contributed by atoms with Crippen molar-refractivity contribution in [2.24, 2.45) is 0 Å². The van der Waals surface area contributed by atoms with E-state index in [0.717, 1.165) is 22.2 Å². The molecule has 0 radical (unpaired) electrons. The van der Waals surface area contributed by atoms with Gasteiger partial charge in [0, 0.05) is 22.7 Å². The van der Waals surface area contributed by atoms with Gasteiger partial charge in [-0.05, 0) is 30.3 Å². The Morgan fingerprint density at radius 2 is 1.89 bits per heavy atom. The van der Waals surface area contributed by atoms with Crippen molar-refractivity contribution in [3.63, 3.8) is 0 Å². The number of para-hydroxylation sites is 1. The number of ether oxygens (including phenoxy) is 1. The number of aromatic amines is 1. The highest BCUT2D eigenvalue weighted by Gasteiger charge is 2.05. The van der Waals surface area contributed by atoms with Crippen molar-refractivity contribution in [3.05, 3.63) is 66.1 Å². The van der Waals surface area contributed by atoms with Gasteiger partial charge in [-0.25, -0.2) is 4.39 Å². The lowest BCUT2D eigenvalue weighted by molar-refractivity contribution is 0.307. The van der Waals surface area contributed by atoms with Crippen LogP contribution in [0.4, 0.5) is 4.39 Å². The molecule has 90 valence electrons. The van der Waals surface area contributed by atoms with Crippen molar-refractivity contribution in [3.8, 4) is 5.75 Å². The molecule has 18 heavy (non-hydrogen) atoms. The standard InChI is InChI=1S/C15H12FNO/c16-12-6-7-14-11(9-17-15(14)8-12)10-18-13-4-2-1-3-5-13/h1-9,17H,10H2. The van der Waals surface area contributed by atoms with Crippen LogP contribution >= 0.6 is 0 Å². The second-order valence-electron chi connectivity index (χ2n) is 4.11. The predicted molar refractivity (Wildman–Crippen MR) is 69.0 cm³/mol. The fourth-order valence-corrected chi connectivity index (χ4v) is 1.96. The molecule has 3 heteroatoms. The van der Waals surface area contributed by atoms with Crippen LogP contribution in [0, 0.1) is 5.82 Å². The summed E-state index contributed by atoms with van der Waals surface area (Å²) in [7, 11) is 0. The number of rotatable bonds is 3. The molecule has 0 bridgehead atoms. The van der Waals surface area contributed by atoms with Crippen molar-refractivity contribution in [1.29, 1.82) is 0 Å². The van der Waals surface area contributed by atoms with Gasteiger partial charge in [-0.1, -0.05) is 18.2 Å². The van der Waals surface area contributed by atoms with Crippen molar-refractivity contribution in [1.82, 2.24) is 4.98 Å². The molecule has 0 fully saturated rings. The smallest absolute Gasteiger partial charge is 0.125 e. The molecule has 0 aliphatic heterocycles. The first-order valence-electron chi connectivity index (χ1n) is 5.76. The molecule has 1 aromatic heterocycles. The van der Waals surface area contributed by atoms with E-state index in [2.05, 4.69) is 4.98 Å². The van der Waals surface area contributed by atoms with Crippen LogP contribution in [0.2, 0.25) is 0 Å². The first-order chi connectivity index (χ1) is 8.83. The number of fused-ring (bicyclic) bond motifs is 1. The van der Waals surface area contributed by atoms with Crippen molar-refractivity contribution >= 4 is 10.9 Å². The van der Waals surface area contributed by atoms with E-state index in [1.807, 2.05) is 36.5 Å². The fraction of sp³-hybridized carbons (Fsp3) is 0.0667. The van der Waals surface area contributed by atoms with Crippen LogP contribution in [-0.2, 0) is 6.61 Å². The van der Waals surface area contributed by atoms with Crippen molar-refractivity contribution in [2.75, 3.05) is 0 Å². The molecule has 3 rings (SSSR count). The first kappa shape index (κ1) is 10.8. The third-order valence-electron chi connectivity index (χ3n) is 2.87. The Morgan fingerprint density at radius 1 is 1.06 bits per heavy atom. The number of aromatic nitrogens is 1. The normalized spacial score (nSPS) is 10.7. The highest BCUT2D eigenvalue weighted by atomic mass is 19.1. The maximum atomic E-state index is 13.0. The van der Waals surface area contributed by atoms with Gasteiger partial charge in [0.2, 0.25) is 0 Å². The summed E-state index contributed by atoms with van der Waals surface area (Å²) in [6.45, 7) is 0.468. The average Bonchev–Trinajstić information content (AvgIpc) is 2.80. The first-order valence-corrected chi connectivity index (χ1v) is 5.76. The SMILES string of the molecule is Fc1ccc2c(COc3ccccc3)c[nH]c2c1. The summed E-state index contributed by atoms with van der Waals surface area (Å²) in [5.74, 6) is 0.592. The Hall–Kier alpha value is -2.29. The van der Waals surface area contributed by atoms with Gasteiger partial charge in [0.15, 0.2) is 0 Å². The van der Waals surface area contributed by atoms with Crippen LogP contribution in [0.3, 0.4) is 0 Å². The van der Waals surface area contributed by atoms with E-state index in [-0.39, 0.29) is 5.82 Å². The maximum Gasteiger partial charge on any atom is 0.125 e. The summed E-state index contributed by atoms with van der Waals surface area (Å²) in [5.41, 5.74) is 1.82. The Labute approximate surface area is 104 Å². The third-order valence-corrected chi connectivity index (χ3v) is 2.87. The quantitative estimate of drug-likeness (QED) is 0.739. The summed E-state index contributed by atoms with van der Waals surface area (Å²) >= 11 is 0. The highest BCUT2D eigenvalue weighted by molar-refractivity contribution is 5.83. The fourth-order valence-electron chi connectivity index (χ4n) is 1.96. The summed E-state index contributed by atoms with van der Waals surface area (Å²) in [6.07, 6.45) is 1.85. The number of halogens is 1. The minimum Gasteiger partial charge on any atom is -0.489 e. The summed E-state index contributed by atoms with van der Waals surface area (Å²) in [4.78, 5) is 3.05. The topological polar surface area (TPSA) is 25.0 Å². The summed E-state index contributed by atoms with van der Waals surface area (Å²) < 4.78 is 18.7. The van der Waals surface area contributed by atoms with E-state index in [4.69, 9.17) is 4.74 Å². The number of hydrogen-bond donors (Lipinski definition) is 1. The molecule has 0 aliphatic rings. The molecular formula is C15H12FNO. The van der Waals surface area contributed by atoms with Crippen LogP contribution in [-0.4, -0.2) is 4.98 Å². The highest BCUT2D eigenvalue weighted by Crippen LogP contribution is 2.21. The van der Waals surface area contributed by atoms with Crippen LogP contribution in [0.1, 0.15) is 5.56 Å². The van der Waals surface area contributed by atoms with Crippen LogP contribution in [0.5, 0.6) is 5.75 Å². The minimum absolute atomic E-state index is 0.236. The van der Waals surface area contributed by atoms with Crippen molar-refractivity contribution < 1.29 is 9.13 Å². The van der Waals surface area contributed by atoms with E-state index < -0.39 is 0 Å². The zero-order valence-corrected chi connectivity index (χ0v) is 9.69. The van der Waals surface area contributed by atoms with Gasteiger partial charge in [0.05, 0.1) is 0 Å². The zero-order chi connectivity index (χ0) is 12.4. The molecule has 2 aromatic carbocycles. The van der Waals surface area contributed by atoms with E-state index in [9.17, 15) is 4.39 Å². The second-order valence-corrected chi connectivity index (χ2v) is 4.11. The molecule has 2 nitrogen and oxygen atoms in total. The molecular weight excluding hydrogens is 229 g/mol. The zero-order valence-electron chi connectivity index (χ0n) is 9.69. The second kappa shape index (κ2) is 4.53. The maximum absolute atomic E-state index is 13.0. The van der Waals surface area contributed by atoms with Gasteiger partial charge in [-0.2, -0.15) is 0 Å². The Morgan fingerprint density at radius 3 is 2.72 bits per heavy atom. The molecule has 0 aliphatic carbocycles. The minimum atomic E-state index is -0.236. The molecule has 0 saturated heterocycles. The molecule has 0 atom stereocenters. The van der Waals surface area contributed by atoms with E-state index in [1.54, 1.807) is 6.07 Å². The molecule has 0 saturated carbocycles. The van der Waals surface area contributed by atoms with Crippen LogP contribution in [0.15, 0.2) is 54.7 Å².